The van der Waals surface area contributed by atoms with Gasteiger partial charge in [0.2, 0.25) is 0 Å². The fraction of sp³-hybridized carbons (Fsp3) is 0.0588. The van der Waals surface area contributed by atoms with Crippen LogP contribution in [0.5, 0.6) is 5.75 Å². The van der Waals surface area contributed by atoms with E-state index in [9.17, 15) is 4.79 Å². The Kier molecular flexibility index (Phi) is 3.44. The van der Waals surface area contributed by atoms with Gasteiger partial charge in [-0.15, -0.1) is 0 Å². The minimum Gasteiger partial charge on any atom is -0.422 e. The molecule has 2 aromatic rings. The van der Waals surface area contributed by atoms with Crippen LogP contribution >= 0.6 is 12.2 Å². The van der Waals surface area contributed by atoms with E-state index in [4.69, 9.17) is 17.0 Å². The van der Waals surface area contributed by atoms with Crippen LogP contribution in [0.4, 0.5) is 0 Å². The molecular formula is C17H12O2S. The fourth-order valence-electron chi connectivity index (χ4n) is 2.16. The number of benzene rings is 2. The van der Waals surface area contributed by atoms with Crippen LogP contribution in [0.2, 0.25) is 0 Å². The second-order valence-corrected chi connectivity index (χ2v) is 5.00. The molecule has 1 aliphatic carbocycles. The summed E-state index contributed by atoms with van der Waals surface area (Å²) >= 11 is 5.20. The molecule has 2 nitrogen and oxygen atoms in total. The van der Waals surface area contributed by atoms with Crippen LogP contribution in [0, 0.1) is 0 Å². The van der Waals surface area contributed by atoms with Crippen LogP contribution in [0.1, 0.15) is 6.42 Å². The molecule has 0 atom stereocenters. The van der Waals surface area contributed by atoms with Gasteiger partial charge in [-0.3, -0.25) is 0 Å². The molecule has 0 unspecified atom stereocenters. The number of rotatable bonds is 2. The second-order valence-electron chi connectivity index (χ2n) is 4.50. The highest BCUT2D eigenvalue weighted by molar-refractivity contribution is 7.81. The molecule has 0 radical (unpaired) electrons. The lowest BCUT2D eigenvalue weighted by Gasteiger charge is -2.11. The topological polar surface area (TPSA) is 26.3 Å². The van der Waals surface area contributed by atoms with Gasteiger partial charge in [0, 0.05) is 16.7 Å². The third-order valence-electron chi connectivity index (χ3n) is 3.17. The molecule has 3 heteroatoms. The van der Waals surface area contributed by atoms with Gasteiger partial charge in [0.25, 0.3) is 0 Å². The maximum absolute atomic E-state index is 12.2. The van der Waals surface area contributed by atoms with E-state index in [-0.39, 0.29) is 0 Å². The maximum Gasteiger partial charge on any atom is 0.344 e. The van der Waals surface area contributed by atoms with E-state index in [0.29, 0.717) is 22.6 Å². The number of hydrogen-bond donors (Lipinski definition) is 0. The zero-order valence-electron chi connectivity index (χ0n) is 10.7. The monoisotopic (exact) mass is 280 g/mol. The highest BCUT2D eigenvalue weighted by Crippen LogP contribution is 2.26. The van der Waals surface area contributed by atoms with Gasteiger partial charge in [0.1, 0.15) is 5.75 Å². The van der Waals surface area contributed by atoms with Crippen LogP contribution in [0.25, 0.3) is 10.8 Å². The van der Waals surface area contributed by atoms with Crippen LogP contribution in [0.3, 0.4) is 0 Å². The lowest BCUT2D eigenvalue weighted by Crippen LogP contribution is -2.18. The Hall–Kier alpha value is -2.26. The van der Waals surface area contributed by atoms with Gasteiger partial charge < -0.3 is 4.74 Å². The van der Waals surface area contributed by atoms with Gasteiger partial charge in [-0.25, -0.2) is 4.79 Å². The summed E-state index contributed by atoms with van der Waals surface area (Å²) in [5.74, 6) is 0.169. The maximum atomic E-state index is 12.2. The highest BCUT2D eigenvalue weighted by Gasteiger charge is 2.18. The van der Waals surface area contributed by atoms with E-state index in [2.05, 4.69) is 0 Å². The van der Waals surface area contributed by atoms with Crippen molar-refractivity contribution >= 4 is 33.8 Å². The average Bonchev–Trinajstić information content (AvgIpc) is 2.48. The first-order chi connectivity index (χ1) is 9.75. The zero-order valence-corrected chi connectivity index (χ0v) is 11.5. The number of carbonyl (C=O) groups excluding carboxylic acids is 1. The highest BCUT2D eigenvalue weighted by atomic mass is 32.1. The van der Waals surface area contributed by atoms with Gasteiger partial charge in [0.05, 0.1) is 5.57 Å². The summed E-state index contributed by atoms with van der Waals surface area (Å²) in [5, 5.41) is 1.96. The van der Waals surface area contributed by atoms with Crippen molar-refractivity contribution in [3.8, 4) is 5.75 Å². The largest absolute Gasteiger partial charge is 0.422 e. The lowest BCUT2D eigenvalue weighted by molar-refractivity contribution is -0.129. The zero-order chi connectivity index (χ0) is 13.9. The number of esters is 1. The van der Waals surface area contributed by atoms with Gasteiger partial charge in [-0.05, 0) is 17.5 Å². The Bertz CT molecular complexity index is 751. The minimum absolute atomic E-state index is 0.393. The Labute approximate surface area is 122 Å². The van der Waals surface area contributed by atoms with E-state index < -0.39 is 5.97 Å². The summed E-state index contributed by atoms with van der Waals surface area (Å²) in [6, 6.07) is 13.5. The van der Waals surface area contributed by atoms with Crippen molar-refractivity contribution in [2.45, 2.75) is 6.42 Å². The standard InChI is InChI=1S/C17H12O2S/c18-17(14-9-3-4-11-16(14)20)19-15-10-5-7-12-6-1-2-8-13(12)15/h1-10H,11H2. The van der Waals surface area contributed by atoms with Crippen molar-refractivity contribution < 1.29 is 9.53 Å². The van der Waals surface area contributed by atoms with Gasteiger partial charge in [-0.2, -0.15) is 0 Å². The molecule has 0 N–H and O–H groups in total. The number of fused-ring (bicyclic) bond motifs is 1. The molecule has 0 aliphatic heterocycles. The van der Waals surface area contributed by atoms with Crippen molar-refractivity contribution in [3.63, 3.8) is 0 Å². The molecule has 0 aromatic heterocycles. The normalized spacial score (nSPS) is 14.2. The van der Waals surface area contributed by atoms with Crippen molar-refractivity contribution in [2.75, 3.05) is 0 Å². The predicted molar refractivity (Wildman–Crippen MR) is 84.0 cm³/mol. The molecular weight excluding hydrogens is 268 g/mol. The smallest absolute Gasteiger partial charge is 0.344 e. The fourth-order valence-corrected chi connectivity index (χ4v) is 2.41. The third kappa shape index (κ3) is 2.40. The lowest BCUT2D eigenvalue weighted by atomic mass is 10.1. The van der Waals surface area contributed by atoms with Crippen LogP contribution in [-0.2, 0) is 4.79 Å². The summed E-state index contributed by atoms with van der Waals surface area (Å²) in [7, 11) is 0. The predicted octanol–water partition coefficient (Wildman–Crippen LogP) is 4.00. The molecule has 3 rings (SSSR count). The van der Waals surface area contributed by atoms with Gasteiger partial charge >= 0.3 is 5.97 Å². The Morgan fingerprint density at radius 3 is 2.75 bits per heavy atom. The van der Waals surface area contributed by atoms with Crippen LogP contribution in [-0.4, -0.2) is 10.8 Å². The number of allylic oxidation sites excluding steroid dienone is 3. The van der Waals surface area contributed by atoms with E-state index in [0.717, 1.165) is 10.8 Å². The van der Waals surface area contributed by atoms with Crippen molar-refractivity contribution in [2.24, 2.45) is 0 Å². The van der Waals surface area contributed by atoms with Crippen LogP contribution < -0.4 is 4.74 Å². The average molecular weight is 280 g/mol. The third-order valence-corrected chi connectivity index (χ3v) is 3.56. The van der Waals surface area contributed by atoms with Gasteiger partial charge in [0.15, 0.2) is 0 Å². The molecule has 0 amide bonds. The molecule has 98 valence electrons. The summed E-state index contributed by atoms with van der Waals surface area (Å²) in [5.41, 5.74) is 0.468. The van der Waals surface area contributed by atoms with Crippen molar-refractivity contribution in [1.82, 2.24) is 0 Å². The summed E-state index contributed by atoms with van der Waals surface area (Å²) < 4.78 is 5.51. The molecule has 0 saturated heterocycles. The molecule has 0 heterocycles. The first kappa shape index (κ1) is 12.8. The molecule has 0 fully saturated rings. The summed E-state index contributed by atoms with van der Waals surface area (Å²) in [6.07, 6.45) is 6.08. The minimum atomic E-state index is -0.393. The van der Waals surface area contributed by atoms with E-state index in [1.54, 1.807) is 12.1 Å². The molecule has 0 saturated carbocycles. The molecule has 0 spiro atoms. The Morgan fingerprint density at radius 2 is 1.90 bits per heavy atom. The van der Waals surface area contributed by atoms with Gasteiger partial charge in [-0.1, -0.05) is 60.8 Å². The van der Waals surface area contributed by atoms with Crippen molar-refractivity contribution in [1.29, 1.82) is 0 Å². The van der Waals surface area contributed by atoms with Crippen molar-refractivity contribution in [3.05, 3.63) is 66.3 Å². The second kappa shape index (κ2) is 5.39. The summed E-state index contributed by atoms with van der Waals surface area (Å²) in [6.45, 7) is 0. The quantitative estimate of drug-likeness (QED) is 0.472. The molecule has 0 bridgehead atoms. The molecule has 1 aliphatic rings. The van der Waals surface area contributed by atoms with E-state index in [1.807, 2.05) is 48.6 Å². The molecule has 2 aromatic carbocycles. The Balaban J connectivity index is 1.94. The number of thiocarbonyl (C=S) groups is 1. The van der Waals surface area contributed by atoms with E-state index >= 15 is 0 Å². The molecule has 20 heavy (non-hydrogen) atoms. The SMILES string of the molecule is O=C(Oc1cccc2ccccc12)C1=CC=CCC1=S. The number of carbonyl (C=O) groups is 1. The number of ether oxygens (including phenoxy) is 1. The first-order valence-electron chi connectivity index (χ1n) is 6.36. The first-order valence-corrected chi connectivity index (χ1v) is 6.76. The van der Waals surface area contributed by atoms with E-state index in [1.165, 1.54) is 0 Å². The van der Waals surface area contributed by atoms with Crippen LogP contribution in [0.15, 0.2) is 66.3 Å². The Morgan fingerprint density at radius 1 is 1.10 bits per heavy atom. The number of hydrogen-bond acceptors (Lipinski definition) is 3. The summed E-state index contributed by atoms with van der Waals surface area (Å²) in [4.78, 5) is 12.8.